The van der Waals surface area contributed by atoms with Gasteiger partial charge in [-0.2, -0.15) is 11.8 Å². The number of hydrogen-bond acceptors (Lipinski definition) is 3. The molecule has 1 unspecified atom stereocenters. The normalized spacial score (nSPS) is 12.4. The first-order valence-corrected chi connectivity index (χ1v) is 6.85. The van der Waals surface area contributed by atoms with Gasteiger partial charge in [0.25, 0.3) is 0 Å². The summed E-state index contributed by atoms with van der Waals surface area (Å²) in [7, 11) is 0. The molecule has 0 bridgehead atoms. The van der Waals surface area contributed by atoms with Crippen LogP contribution in [0.2, 0.25) is 5.02 Å². The predicted molar refractivity (Wildman–Crippen MR) is 72.5 cm³/mol. The Kier molecular flexibility index (Phi) is 6.69. The highest BCUT2D eigenvalue weighted by atomic mass is 35.5. The highest BCUT2D eigenvalue weighted by Crippen LogP contribution is 2.17. The molecule has 0 saturated heterocycles. The zero-order chi connectivity index (χ0) is 11.8. The summed E-state index contributed by atoms with van der Waals surface area (Å²) in [6.07, 6.45) is 1.06. The van der Waals surface area contributed by atoms with Crippen LogP contribution in [0.3, 0.4) is 0 Å². The van der Waals surface area contributed by atoms with Gasteiger partial charge in [-0.25, -0.2) is 0 Å². The van der Waals surface area contributed by atoms with Gasteiger partial charge < -0.3 is 10.5 Å². The van der Waals surface area contributed by atoms with Crippen molar-refractivity contribution in [2.24, 2.45) is 5.73 Å². The number of thioether (sulfide) groups is 1. The Labute approximate surface area is 107 Å². The molecule has 16 heavy (non-hydrogen) atoms. The summed E-state index contributed by atoms with van der Waals surface area (Å²) in [6, 6.07) is 7.44. The molecule has 0 aliphatic rings. The average molecular weight is 260 g/mol. The van der Waals surface area contributed by atoms with Gasteiger partial charge in [0.15, 0.2) is 0 Å². The van der Waals surface area contributed by atoms with Crippen molar-refractivity contribution in [3.63, 3.8) is 0 Å². The Hall–Kier alpha value is -0.380. The second-order valence-corrected chi connectivity index (χ2v) is 5.54. The molecule has 1 aromatic carbocycles. The Balaban J connectivity index is 2.13. The molecule has 0 heterocycles. The lowest BCUT2D eigenvalue weighted by Gasteiger charge is -2.10. The lowest BCUT2D eigenvalue weighted by Crippen LogP contribution is -2.09. The molecule has 0 radical (unpaired) electrons. The maximum atomic E-state index is 5.78. The van der Waals surface area contributed by atoms with E-state index in [4.69, 9.17) is 22.1 Å². The number of rotatable bonds is 7. The van der Waals surface area contributed by atoms with E-state index in [1.165, 1.54) is 0 Å². The van der Waals surface area contributed by atoms with Gasteiger partial charge in [0.1, 0.15) is 5.75 Å². The van der Waals surface area contributed by atoms with Crippen molar-refractivity contribution in [3.8, 4) is 5.75 Å². The molecule has 1 aromatic rings. The Morgan fingerprint density at radius 2 is 2.06 bits per heavy atom. The van der Waals surface area contributed by atoms with Gasteiger partial charge in [-0.15, -0.1) is 0 Å². The van der Waals surface area contributed by atoms with Crippen molar-refractivity contribution < 1.29 is 4.74 Å². The van der Waals surface area contributed by atoms with Gasteiger partial charge in [-0.05, 0) is 37.2 Å². The molecule has 0 saturated carbocycles. The zero-order valence-electron chi connectivity index (χ0n) is 9.49. The van der Waals surface area contributed by atoms with Crippen LogP contribution in [0.15, 0.2) is 24.3 Å². The Morgan fingerprint density at radius 1 is 1.38 bits per heavy atom. The van der Waals surface area contributed by atoms with E-state index in [-0.39, 0.29) is 0 Å². The topological polar surface area (TPSA) is 35.2 Å². The van der Waals surface area contributed by atoms with Crippen LogP contribution in [0, 0.1) is 0 Å². The molecule has 2 N–H and O–H groups in total. The van der Waals surface area contributed by atoms with E-state index < -0.39 is 0 Å². The van der Waals surface area contributed by atoms with E-state index in [0.717, 1.165) is 36.1 Å². The summed E-state index contributed by atoms with van der Waals surface area (Å²) >= 11 is 7.67. The van der Waals surface area contributed by atoms with Crippen LogP contribution in [-0.4, -0.2) is 24.2 Å². The third-order valence-electron chi connectivity index (χ3n) is 2.14. The largest absolute Gasteiger partial charge is 0.493 e. The molecule has 0 spiro atoms. The van der Waals surface area contributed by atoms with E-state index in [1.807, 2.05) is 36.0 Å². The van der Waals surface area contributed by atoms with E-state index in [1.54, 1.807) is 0 Å². The van der Waals surface area contributed by atoms with Crippen LogP contribution >= 0.6 is 23.4 Å². The third-order valence-corrected chi connectivity index (χ3v) is 3.60. The Bertz CT molecular complexity index is 292. The minimum Gasteiger partial charge on any atom is -0.493 e. The molecule has 2 nitrogen and oxygen atoms in total. The molecule has 0 aliphatic carbocycles. The molecule has 1 rings (SSSR count). The van der Waals surface area contributed by atoms with Gasteiger partial charge in [0.2, 0.25) is 0 Å². The summed E-state index contributed by atoms with van der Waals surface area (Å²) in [5, 5.41) is 1.34. The van der Waals surface area contributed by atoms with E-state index in [0.29, 0.717) is 5.25 Å². The van der Waals surface area contributed by atoms with Gasteiger partial charge in [0.05, 0.1) is 6.61 Å². The number of benzene rings is 1. The van der Waals surface area contributed by atoms with Crippen molar-refractivity contribution in [1.82, 2.24) is 0 Å². The zero-order valence-corrected chi connectivity index (χ0v) is 11.1. The first-order valence-electron chi connectivity index (χ1n) is 5.42. The van der Waals surface area contributed by atoms with E-state index in [9.17, 15) is 0 Å². The van der Waals surface area contributed by atoms with Crippen molar-refractivity contribution in [3.05, 3.63) is 29.3 Å². The summed E-state index contributed by atoms with van der Waals surface area (Å²) < 4.78 is 5.58. The van der Waals surface area contributed by atoms with E-state index >= 15 is 0 Å². The van der Waals surface area contributed by atoms with Crippen molar-refractivity contribution in [1.29, 1.82) is 0 Å². The minimum absolute atomic E-state index is 0.610. The highest BCUT2D eigenvalue weighted by molar-refractivity contribution is 7.99. The summed E-state index contributed by atoms with van der Waals surface area (Å²) in [5.41, 5.74) is 5.48. The molecule has 4 heteroatoms. The molecule has 1 atom stereocenters. The van der Waals surface area contributed by atoms with Gasteiger partial charge in [-0.1, -0.05) is 18.5 Å². The SMILES string of the molecule is CC(CCN)SCCOc1ccc(Cl)cc1. The number of ether oxygens (including phenoxy) is 1. The predicted octanol–water partition coefficient (Wildman–Crippen LogP) is 3.19. The van der Waals surface area contributed by atoms with Crippen molar-refractivity contribution in [2.75, 3.05) is 18.9 Å². The lowest BCUT2D eigenvalue weighted by molar-refractivity contribution is 0.344. The molecule has 0 amide bonds. The maximum absolute atomic E-state index is 5.78. The second-order valence-electron chi connectivity index (χ2n) is 3.56. The standard InChI is InChI=1S/C12H18ClNOS/c1-10(6-7-14)16-9-8-15-12-4-2-11(13)3-5-12/h2-5,10H,6-9,14H2,1H3. The summed E-state index contributed by atoms with van der Waals surface area (Å²) in [4.78, 5) is 0. The molecular weight excluding hydrogens is 242 g/mol. The van der Waals surface area contributed by atoms with Crippen LogP contribution in [0.1, 0.15) is 13.3 Å². The minimum atomic E-state index is 0.610. The second kappa shape index (κ2) is 7.82. The Morgan fingerprint density at radius 3 is 2.69 bits per heavy atom. The quantitative estimate of drug-likeness (QED) is 0.764. The van der Waals surface area contributed by atoms with Gasteiger partial charge in [0, 0.05) is 16.0 Å². The monoisotopic (exact) mass is 259 g/mol. The number of hydrogen-bond donors (Lipinski definition) is 1. The third kappa shape index (κ3) is 5.64. The fourth-order valence-electron chi connectivity index (χ4n) is 1.26. The van der Waals surface area contributed by atoms with Crippen LogP contribution in [0.25, 0.3) is 0 Å². The van der Waals surface area contributed by atoms with Crippen LogP contribution < -0.4 is 10.5 Å². The van der Waals surface area contributed by atoms with E-state index in [2.05, 4.69) is 6.92 Å². The van der Waals surface area contributed by atoms with Crippen LogP contribution in [0.5, 0.6) is 5.75 Å². The summed E-state index contributed by atoms with van der Waals surface area (Å²) in [5.74, 6) is 1.86. The van der Waals surface area contributed by atoms with Crippen LogP contribution in [-0.2, 0) is 0 Å². The van der Waals surface area contributed by atoms with Crippen molar-refractivity contribution in [2.45, 2.75) is 18.6 Å². The first-order chi connectivity index (χ1) is 7.72. The molecule has 0 fully saturated rings. The average Bonchev–Trinajstić information content (AvgIpc) is 2.27. The molecular formula is C12H18ClNOS. The lowest BCUT2D eigenvalue weighted by atomic mass is 10.3. The number of halogens is 1. The maximum Gasteiger partial charge on any atom is 0.119 e. The smallest absolute Gasteiger partial charge is 0.119 e. The summed E-state index contributed by atoms with van der Waals surface area (Å²) in [6.45, 7) is 3.67. The first kappa shape index (κ1) is 13.7. The van der Waals surface area contributed by atoms with Crippen molar-refractivity contribution >= 4 is 23.4 Å². The molecule has 0 aliphatic heterocycles. The van der Waals surface area contributed by atoms with Gasteiger partial charge in [-0.3, -0.25) is 0 Å². The highest BCUT2D eigenvalue weighted by Gasteiger charge is 2.01. The van der Waals surface area contributed by atoms with Crippen LogP contribution in [0.4, 0.5) is 0 Å². The molecule has 90 valence electrons. The fourth-order valence-corrected chi connectivity index (χ4v) is 2.27. The molecule has 0 aromatic heterocycles. The van der Waals surface area contributed by atoms with Gasteiger partial charge >= 0.3 is 0 Å². The number of nitrogens with two attached hydrogens (primary N) is 1. The fraction of sp³-hybridized carbons (Fsp3) is 0.500.